The fourth-order valence-electron chi connectivity index (χ4n) is 2.63. The lowest BCUT2D eigenvalue weighted by Crippen LogP contribution is -2.38. The molecule has 82 valence electrons. The molecule has 1 aromatic rings. The van der Waals surface area contributed by atoms with Crippen molar-refractivity contribution in [2.45, 2.75) is 38.7 Å². The van der Waals surface area contributed by atoms with Gasteiger partial charge in [-0.15, -0.1) is 0 Å². The van der Waals surface area contributed by atoms with Gasteiger partial charge in [-0.1, -0.05) is 38.1 Å². The molecule has 0 fully saturated rings. The number of fused-ring (bicyclic) bond motifs is 1. The van der Waals surface area contributed by atoms with Crippen molar-refractivity contribution < 1.29 is 10.1 Å². The van der Waals surface area contributed by atoms with Crippen molar-refractivity contribution in [2.75, 3.05) is 0 Å². The lowest BCUT2D eigenvalue weighted by atomic mass is 9.73. The van der Waals surface area contributed by atoms with E-state index in [1.165, 1.54) is 5.56 Å². The molecule has 1 unspecified atom stereocenters. The third-order valence-electron chi connectivity index (χ3n) is 3.56. The second-order valence-electron chi connectivity index (χ2n) is 4.65. The van der Waals surface area contributed by atoms with Gasteiger partial charge >= 0.3 is 0 Å². The molecule has 0 spiro atoms. The van der Waals surface area contributed by atoms with Crippen LogP contribution in [0.4, 0.5) is 0 Å². The predicted octanol–water partition coefficient (Wildman–Crippen LogP) is 3.36. The minimum Gasteiger partial charge on any atom is -0.251 e. The Balaban J connectivity index is 2.52. The first-order valence-electron chi connectivity index (χ1n) is 5.61. The van der Waals surface area contributed by atoms with Crippen LogP contribution in [-0.2, 0) is 16.9 Å². The SMILES string of the molecule is CC(C)C1(OO)CCCc2ccccc21. The molecule has 2 heteroatoms. The summed E-state index contributed by atoms with van der Waals surface area (Å²) in [6, 6.07) is 8.27. The van der Waals surface area contributed by atoms with E-state index in [-0.39, 0.29) is 5.92 Å². The molecule has 1 aliphatic rings. The minimum atomic E-state index is -0.491. The van der Waals surface area contributed by atoms with Crippen molar-refractivity contribution >= 4 is 0 Å². The third-order valence-corrected chi connectivity index (χ3v) is 3.56. The summed E-state index contributed by atoms with van der Waals surface area (Å²) in [5, 5.41) is 9.26. The van der Waals surface area contributed by atoms with Crippen LogP contribution in [0.2, 0.25) is 0 Å². The van der Waals surface area contributed by atoms with Crippen LogP contribution in [0.1, 0.15) is 37.8 Å². The molecule has 0 amide bonds. The predicted molar refractivity (Wildman–Crippen MR) is 59.6 cm³/mol. The molecule has 0 aromatic heterocycles. The minimum absolute atomic E-state index is 0.281. The van der Waals surface area contributed by atoms with Crippen molar-refractivity contribution in [3.63, 3.8) is 0 Å². The second-order valence-corrected chi connectivity index (χ2v) is 4.65. The molecular formula is C13H18O2. The first-order valence-corrected chi connectivity index (χ1v) is 5.61. The summed E-state index contributed by atoms with van der Waals surface area (Å²) in [6.45, 7) is 4.19. The van der Waals surface area contributed by atoms with Crippen LogP contribution >= 0.6 is 0 Å². The first kappa shape index (κ1) is 10.7. The van der Waals surface area contributed by atoms with Gasteiger partial charge < -0.3 is 0 Å². The van der Waals surface area contributed by atoms with E-state index in [0.717, 1.165) is 24.8 Å². The Bertz CT molecular complexity index is 346. The van der Waals surface area contributed by atoms with Crippen LogP contribution in [-0.4, -0.2) is 5.26 Å². The normalized spacial score (nSPS) is 25.3. The van der Waals surface area contributed by atoms with E-state index in [1.54, 1.807) is 0 Å². The lowest BCUT2D eigenvalue weighted by Gasteiger charge is -2.39. The summed E-state index contributed by atoms with van der Waals surface area (Å²) in [7, 11) is 0. The summed E-state index contributed by atoms with van der Waals surface area (Å²) in [4.78, 5) is 4.87. The Hall–Kier alpha value is -0.860. The van der Waals surface area contributed by atoms with E-state index in [9.17, 15) is 5.26 Å². The molecule has 2 nitrogen and oxygen atoms in total. The molecule has 1 N–H and O–H groups in total. The van der Waals surface area contributed by atoms with Crippen LogP contribution in [0, 0.1) is 5.92 Å². The Morgan fingerprint density at radius 3 is 2.73 bits per heavy atom. The van der Waals surface area contributed by atoms with Gasteiger partial charge in [0.1, 0.15) is 5.60 Å². The fraction of sp³-hybridized carbons (Fsp3) is 0.538. The highest BCUT2D eigenvalue weighted by Crippen LogP contribution is 2.43. The van der Waals surface area contributed by atoms with Crippen LogP contribution in [0.25, 0.3) is 0 Å². The van der Waals surface area contributed by atoms with Crippen molar-refractivity contribution in [3.05, 3.63) is 35.4 Å². The fourth-order valence-corrected chi connectivity index (χ4v) is 2.63. The standard InChI is InChI=1S/C13H18O2/c1-10(2)13(15-14)9-5-7-11-6-3-4-8-12(11)13/h3-4,6,8,10,14H,5,7,9H2,1-2H3. The summed E-state index contributed by atoms with van der Waals surface area (Å²) in [5.41, 5.74) is 1.98. The van der Waals surface area contributed by atoms with E-state index in [4.69, 9.17) is 4.89 Å². The summed E-state index contributed by atoms with van der Waals surface area (Å²) in [5.74, 6) is 0.281. The van der Waals surface area contributed by atoms with Gasteiger partial charge in [0.2, 0.25) is 0 Å². The average molecular weight is 206 g/mol. The van der Waals surface area contributed by atoms with Crippen molar-refractivity contribution in [1.29, 1.82) is 0 Å². The molecule has 1 aliphatic carbocycles. The summed E-state index contributed by atoms with van der Waals surface area (Å²) >= 11 is 0. The Kier molecular flexibility index (Phi) is 2.81. The number of hydrogen-bond donors (Lipinski definition) is 1. The lowest BCUT2D eigenvalue weighted by molar-refractivity contribution is -0.346. The first-order chi connectivity index (χ1) is 7.20. The quantitative estimate of drug-likeness (QED) is 0.594. The maximum Gasteiger partial charge on any atom is 0.131 e. The van der Waals surface area contributed by atoms with Gasteiger partial charge in [0, 0.05) is 0 Å². The van der Waals surface area contributed by atoms with E-state index >= 15 is 0 Å². The molecule has 0 saturated carbocycles. The Morgan fingerprint density at radius 1 is 1.33 bits per heavy atom. The number of aryl methyl sites for hydroxylation is 1. The molecular weight excluding hydrogens is 188 g/mol. The topological polar surface area (TPSA) is 29.5 Å². The van der Waals surface area contributed by atoms with Crippen molar-refractivity contribution in [1.82, 2.24) is 0 Å². The molecule has 0 aliphatic heterocycles. The van der Waals surface area contributed by atoms with Gasteiger partial charge in [-0.25, -0.2) is 4.89 Å². The van der Waals surface area contributed by atoms with E-state index in [2.05, 4.69) is 26.0 Å². The maximum absolute atomic E-state index is 9.26. The molecule has 15 heavy (non-hydrogen) atoms. The number of hydrogen-bond acceptors (Lipinski definition) is 2. The zero-order valence-corrected chi connectivity index (χ0v) is 9.36. The van der Waals surface area contributed by atoms with Crippen LogP contribution < -0.4 is 0 Å². The van der Waals surface area contributed by atoms with Gasteiger partial charge in [-0.3, -0.25) is 5.26 Å². The smallest absolute Gasteiger partial charge is 0.131 e. The largest absolute Gasteiger partial charge is 0.251 e. The van der Waals surface area contributed by atoms with Crippen LogP contribution in [0.15, 0.2) is 24.3 Å². The number of rotatable bonds is 2. The summed E-state index contributed by atoms with van der Waals surface area (Å²) < 4.78 is 0. The van der Waals surface area contributed by atoms with E-state index < -0.39 is 5.60 Å². The molecule has 0 radical (unpaired) electrons. The molecule has 0 saturated heterocycles. The molecule has 0 heterocycles. The number of benzene rings is 1. The molecule has 0 bridgehead atoms. The van der Waals surface area contributed by atoms with Gasteiger partial charge in [0.25, 0.3) is 0 Å². The zero-order chi connectivity index (χ0) is 10.9. The van der Waals surface area contributed by atoms with Gasteiger partial charge in [-0.2, -0.15) is 0 Å². The molecule has 1 atom stereocenters. The zero-order valence-electron chi connectivity index (χ0n) is 9.36. The highest BCUT2D eigenvalue weighted by molar-refractivity contribution is 5.35. The third kappa shape index (κ3) is 1.58. The highest BCUT2D eigenvalue weighted by atomic mass is 17.1. The Morgan fingerprint density at radius 2 is 2.07 bits per heavy atom. The average Bonchev–Trinajstić information content (AvgIpc) is 2.28. The maximum atomic E-state index is 9.26. The van der Waals surface area contributed by atoms with Gasteiger partial charge in [0.05, 0.1) is 0 Å². The van der Waals surface area contributed by atoms with Crippen LogP contribution in [0.5, 0.6) is 0 Å². The second kappa shape index (κ2) is 3.95. The molecule has 1 aromatic carbocycles. The van der Waals surface area contributed by atoms with E-state index in [0.29, 0.717) is 0 Å². The summed E-state index contributed by atoms with van der Waals surface area (Å²) in [6.07, 6.45) is 3.07. The molecule has 2 rings (SSSR count). The highest BCUT2D eigenvalue weighted by Gasteiger charge is 2.40. The van der Waals surface area contributed by atoms with Gasteiger partial charge in [-0.05, 0) is 36.3 Å². The van der Waals surface area contributed by atoms with Crippen molar-refractivity contribution in [3.8, 4) is 0 Å². The van der Waals surface area contributed by atoms with E-state index in [1.807, 2.05) is 12.1 Å². The van der Waals surface area contributed by atoms with Crippen LogP contribution in [0.3, 0.4) is 0 Å². The Labute approximate surface area is 90.8 Å². The monoisotopic (exact) mass is 206 g/mol. The van der Waals surface area contributed by atoms with Gasteiger partial charge in [0.15, 0.2) is 0 Å². The van der Waals surface area contributed by atoms with Crippen molar-refractivity contribution in [2.24, 2.45) is 5.92 Å².